The van der Waals surface area contributed by atoms with Crippen LogP contribution in [0.1, 0.15) is 5.56 Å². The minimum Gasteiger partial charge on any atom is -0.491 e. The van der Waals surface area contributed by atoms with Crippen molar-refractivity contribution in [2.45, 2.75) is 6.92 Å². The number of benzene rings is 1. The Morgan fingerprint density at radius 1 is 1.24 bits per heavy atom. The number of halogens is 2. The SMILES string of the molecule is Cc1c(Cl)c(OCCN2CCN(C)CC2)cc(-c2ccco2)c1-c1sccc1F. The van der Waals surface area contributed by atoms with Gasteiger partial charge in [-0.15, -0.1) is 11.3 Å². The zero-order chi connectivity index (χ0) is 20.4. The molecule has 1 aromatic carbocycles. The summed E-state index contributed by atoms with van der Waals surface area (Å²) in [5, 5.41) is 2.26. The van der Waals surface area contributed by atoms with Gasteiger partial charge >= 0.3 is 0 Å². The van der Waals surface area contributed by atoms with Crippen LogP contribution in [0.4, 0.5) is 4.39 Å². The first-order valence-corrected chi connectivity index (χ1v) is 10.9. The second-order valence-electron chi connectivity index (χ2n) is 7.30. The van der Waals surface area contributed by atoms with Gasteiger partial charge < -0.3 is 14.1 Å². The molecule has 0 bridgehead atoms. The Morgan fingerprint density at radius 2 is 2.03 bits per heavy atom. The van der Waals surface area contributed by atoms with Gasteiger partial charge in [-0.05, 0) is 49.2 Å². The number of thiophene rings is 1. The Balaban J connectivity index is 1.61. The van der Waals surface area contributed by atoms with E-state index in [1.165, 1.54) is 17.4 Å². The molecule has 0 radical (unpaired) electrons. The molecule has 1 fully saturated rings. The Bertz CT molecular complexity index is 966. The van der Waals surface area contributed by atoms with E-state index in [4.69, 9.17) is 20.8 Å². The van der Waals surface area contributed by atoms with E-state index in [0.29, 0.717) is 28.0 Å². The number of piperazine rings is 1. The molecular weight excluding hydrogens is 411 g/mol. The number of rotatable bonds is 6. The van der Waals surface area contributed by atoms with Crippen LogP contribution >= 0.6 is 22.9 Å². The van der Waals surface area contributed by atoms with E-state index in [0.717, 1.165) is 49.4 Å². The Morgan fingerprint density at radius 3 is 2.69 bits per heavy atom. The molecular formula is C22H24ClFN2O2S. The normalized spacial score (nSPS) is 15.7. The van der Waals surface area contributed by atoms with E-state index >= 15 is 0 Å². The van der Waals surface area contributed by atoms with Crippen LogP contribution in [0.2, 0.25) is 5.02 Å². The maximum absolute atomic E-state index is 14.4. The molecule has 0 N–H and O–H groups in total. The number of likely N-dealkylation sites (N-methyl/N-ethyl adjacent to an activating group) is 1. The highest BCUT2D eigenvalue weighted by Crippen LogP contribution is 2.45. The molecule has 0 spiro atoms. The summed E-state index contributed by atoms with van der Waals surface area (Å²) < 4.78 is 26.1. The van der Waals surface area contributed by atoms with E-state index in [1.54, 1.807) is 11.6 Å². The highest BCUT2D eigenvalue weighted by Gasteiger charge is 2.22. The van der Waals surface area contributed by atoms with Gasteiger partial charge in [-0.2, -0.15) is 0 Å². The largest absolute Gasteiger partial charge is 0.491 e. The molecule has 0 aliphatic carbocycles. The standard InChI is InChI=1S/C22H24ClFN2O2S/c1-15-20(22-17(24)5-13-29-22)16(18-4-3-11-27-18)14-19(21(15)23)28-12-10-26-8-6-25(2)7-9-26/h3-5,11,13-14H,6-10,12H2,1-2H3. The first kappa shape index (κ1) is 20.4. The summed E-state index contributed by atoms with van der Waals surface area (Å²) in [6.45, 7) is 7.53. The van der Waals surface area contributed by atoms with Gasteiger partial charge in [0, 0.05) is 43.9 Å². The van der Waals surface area contributed by atoms with Crippen molar-refractivity contribution in [3.63, 3.8) is 0 Å². The summed E-state index contributed by atoms with van der Waals surface area (Å²) in [6, 6.07) is 7.03. The number of hydrogen-bond acceptors (Lipinski definition) is 5. The number of furan rings is 1. The van der Waals surface area contributed by atoms with Crippen molar-refractivity contribution in [3.8, 4) is 27.5 Å². The highest BCUT2D eigenvalue weighted by atomic mass is 35.5. The van der Waals surface area contributed by atoms with Crippen LogP contribution < -0.4 is 4.74 Å². The molecule has 7 heteroatoms. The van der Waals surface area contributed by atoms with Crippen LogP contribution in [0.3, 0.4) is 0 Å². The summed E-state index contributed by atoms with van der Waals surface area (Å²) in [4.78, 5) is 5.28. The van der Waals surface area contributed by atoms with E-state index in [-0.39, 0.29) is 5.82 Å². The first-order valence-electron chi connectivity index (χ1n) is 9.68. The first-order chi connectivity index (χ1) is 14.0. The zero-order valence-electron chi connectivity index (χ0n) is 16.6. The molecule has 1 aliphatic heterocycles. The van der Waals surface area contributed by atoms with Gasteiger partial charge in [0.2, 0.25) is 0 Å². The molecule has 154 valence electrons. The van der Waals surface area contributed by atoms with Gasteiger partial charge in [0.05, 0.1) is 16.2 Å². The lowest BCUT2D eigenvalue weighted by atomic mass is 9.97. The summed E-state index contributed by atoms with van der Waals surface area (Å²) in [5.74, 6) is 1.01. The maximum atomic E-state index is 14.4. The van der Waals surface area contributed by atoms with Crippen molar-refractivity contribution >= 4 is 22.9 Å². The number of nitrogens with zero attached hydrogens (tertiary/aromatic N) is 2. The Hall–Kier alpha value is -1.86. The minimum atomic E-state index is -0.259. The molecule has 2 aromatic heterocycles. The van der Waals surface area contributed by atoms with Gasteiger partial charge in [-0.3, -0.25) is 4.90 Å². The Kier molecular flexibility index (Phi) is 6.25. The summed E-state index contributed by atoms with van der Waals surface area (Å²) in [6.07, 6.45) is 1.61. The van der Waals surface area contributed by atoms with Crippen LogP contribution in [0.15, 0.2) is 40.3 Å². The van der Waals surface area contributed by atoms with Crippen molar-refractivity contribution in [2.75, 3.05) is 46.4 Å². The van der Waals surface area contributed by atoms with Crippen LogP contribution in [0.25, 0.3) is 21.8 Å². The van der Waals surface area contributed by atoms with E-state index in [9.17, 15) is 4.39 Å². The summed E-state index contributed by atoms with van der Waals surface area (Å²) >= 11 is 8.00. The maximum Gasteiger partial charge on any atom is 0.141 e. The predicted molar refractivity (Wildman–Crippen MR) is 117 cm³/mol. The van der Waals surface area contributed by atoms with Crippen LogP contribution in [0.5, 0.6) is 5.75 Å². The number of hydrogen-bond donors (Lipinski definition) is 0. The van der Waals surface area contributed by atoms with Gasteiger partial charge in [-0.1, -0.05) is 11.6 Å². The molecule has 0 atom stereocenters. The quantitative estimate of drug-likeness (QED) is 0.519. The molecule has 4 nitrogen and oxygen atoms in total. The molecule has 29 heavy (non-hydrogen) atoms. The van der Waals surface area contributed by atoms with Gasteiger partial charge in [0.1, 0.15) is 23.9 Å². The molecule has 4 rings (SSSR count). The van der Waals surface area contributed by atoms with Gasteiger partial charge in [-0.25, -0.2) is 4.39 Å². The molecule has 3 aromatic rings. The second-order valence-corrected chi connectivity index (χ2v) is 8.60. The van der Waals surface area contributed by atoms with Crippen LogP contribution in [-0.4, -0.2) is 56.2 Å². The minimum absolute atomic E-state index is 0.259. The molecule has 1 aliphatic rings. The second kappa shape index (κ2) is 8.88. The van der Waals surface area contributed by atoms with Crippen molar-refractivity contribution in [3.05, 3.63) is 52.3 Å². The average Bonchev–Trinajstić information content (AvgIpc) is 3.39. The smallest absolute Gasteiger partial charge is 0.141 e. The monoisotopic (exact) mass is 434 g/mol. The molecule has 0 saturated carbocycles. The number of ether oxygens (including phenoxy) is 1. The fourth-order valence-corrected chi connectivity index (χ4v) is 4.70. The van der Waals surface area contributed by atoms with Crippen LogP contribution in [0, 0.1) is 12.7 Å². The van der Waals surface area contributed by atoms with E-state index in [1.807, 2.05) is 25.1 Å². The van der Waals surface area contributed by atoms with Crippen molar-refractivity contribution < 1.29 is 13.5 Å². The van der Waals surface area contributed by atoms with Crippen molar-refractivity contribution in [1.29, 1.82) is 0 Å². The van der Waals surface area contributed by atoms with Crippen molar-refractivity contribution in [1.82, 2.24) is 9.80 Å². The average molecular weight is 435 g/mol. The zero-order valence-corrected chi connectivity index (χ0v) is 18.2. The lowest BCUT2D eigenvalue weighted by Gasteiger charge is -2.32. The topological polar surface area (TPSA) is 28.9 Å². The Labute approximate surface area is 179 Å². The fourth-order valence-electron chi connectivity index (χ4n) is 3.62. The van der Waals surface area contributed by atoms with E-state index < -0.39 is 0 Å². The summed E-state index contributed by atoms with van der Waals surface area (Å²) in [5.41, 5.74) is 2.33. The third-order valence-corrected chi connectivity index (χ3v) is 6.73. The van der Waals surface area contributed by atoms with Crippen molar-refractivity contribution in [2.24, 2.45) is 0 Å². The third-order valence-electron chi connectivity index (χ3n) is 5.36. The molecule has 0 unspecified atom stereocenters. The lowest BCUT2D eigenvalue weighted by molar-refractivity contribution is 0.134. The predicted octanol–water partition coefficient (Wildman–Crippen LogP) is 5.40. The van der Waals surface area contributed by atoms with E-state index in [2.05, 4.69) is 16.8 Å². The fraction of sp³-hybridized carbons (Fsp3) is 0.364. The third kappa shape index (κ3) is 4.36. The van der Waals surface area contributed by atoms with Gasteiger partial charge in [0.15, 0.2) is 0 Å². The lowest BCUT2D eigenvalue weighted by Crippen LogP contribution is -2.45. The highest BCUT2D eigenvalue weighted by molar-refractivity contribution is 7.13. The molecule has 0 amide bonds. The van der Waals surface area contributed by atoms with Crippen LogP contribution in [-0.2, 0) is 0 Å². The summed E-state index contributed by atoms with van der Waals surface area (Å²) in [7, 11) is 2.14. The molecule has 1 saturated heterocycles. The molecule has 3 heterocycles. The van der Waals surface area contributed by atoms with Gasteiger partial charge in [0.25, 0.3) is 0 Å².